The second kappa shape index (κ2) is 8.77. The molecule has 90 valence electrons. The van der Waals surface area contributed by atoms with E-state index in [2.05, 4.69) is 53.2 Å². The monoisotopic (exact) mass is 284 g/mol. The summed E-state index contributed by atoms with van der Waals surface area (Å²) in [6, 6.07) is 10.6. The molecule has 0 radical (unpaired) electrons. The van der Waals surface area contributed by atoms with Gasteiger partial charge in [0.25, 0.3) is 0 Å². The average molecular weight is 285 g/mol. The number of hydrogen-bond acceptors (Lipinski definition) is 1. The van der Waals surface area contributed by atoms with Crippen molar-refractivity contribution in [2.45, 2.75) is 32.1 Å². The van der Waals surface area contributed by atoms with Crippen LogP contribution in [0.5, 0.6) is 0 Å². The molecular weight excluding hydrogens is 264 g/mol. The molecule has 1 unspecified atom stereocenters. The van der Waals surface area contributed by atoms with Crippen LogP contribution < -0.4 is 0 Å². The van der Waals surface area contributed by atoms with Gasteiger partial charge in [-0.2, -0.15) is 0 Å². The summed E-state index contributed by atoms with van der Waals surface area (Å²) in [6.07, 6.45) is 3.70. The van der Waals surface area contributed by atoms with E-state index < -0.39 is 0 Å². The molecule has 0 aromatic heterocycles. The molecular formula is C14H21BrO. The van der Waals surface area contributed by atoms with Gasteiger partial charge in [0.15, 0.2) is 0 Å². The van der Waals surface area contributed by atoms with Gasteiger partial charge in [0, 0.05) is 17.9 Å². The Labute approximate surface area is 107 Å². The predicted octanol–water partition coefficient (Wildman–Crippen LogP) is 4.37. The molecule has 0 N–H and O–H groups in total. The van der Waals surface area contributed by atoms with Crippen molar-refractivity contribution in [1.29, 1.82) is 0 Å². The zero-order valence-corrected chi connectivity index (χ0v) is 11.6. The molecule has 1 atom stereocenters. The summed E-state index contributed by atoms with van der Waals surface area (Å²) < 4.78 is 5.71. The van der Waals surface area contributed by atoms with Crippen LogP contribution >= 0.6 is 15.9 Å². The van der Waals surface area contributed by atoms with E-state index in [0.29, 0.717) is 5.92 Å². The van der Waals surface area contributed by atoms with Gasteiger partial charge in [0.2, 0.25) is 0 Å². The van der Waals surface area contributed by atoms with Crippen molar-refractivity contribution in [2.75, 3.05) is 18.5 Å². The third-order valence-electron chi connectivity index (χ3n) is 2.67. The summed E-state index contributed by atoms with van der Waals surface area (Å²) >= 11 is 3.56. The Hall–Kier alpha value is -0.340. The molecule has 0 aliphatic rings. The van der Waals surface area contributed by atoms with E-state index in [1.165, 1.54) is 24.8 Å². The Bertz CT molecular complexity index is 261. The predicted molar refractivity (Wildman–Crippen MR) is 73.3 cm³/mol. The van der Waals surface area contributed by atoms with Crippen LogP contribution in [0.3, 0.4) is 0 Å². The summed E-state index contributed by atoms with van der Waals surface area (Å²) in [4.78, 5) is 0. The molecule has 0 aliphatic heterocycles. The molecule has 0 spiro atoms. The van der Waals surface area contributed by atoms with Gasteiger partial charge in [-0.15, -0.1) is 0 Å². The van der Waals surface area contributed by atoms with Crippen molar-refractivity contribution in [3.8, 4) is 0 Å². The Balaban J connectivity index is 2.27. The lowest BCUT2D eigenvalue weighted by molar-refractivity contribution is 0.121. The maximum Gasteiger partial charge on any atom is 0.0542 e. The Kier molecular flexibility index (Phi) is 7.52. The molecule has 0 aliphatic carbocycles. The Morgan fingerprint density at radius 3 is 2.56 bits per heavy atom. The van der Waals surface area contributed by atoms with Gasteiger partial charge in [-0.25, -0.2) is 0 Å². The molecule has 1 nitrogen and oxygen atoms in total. The minimum absolute atomic E-state index is 0.475. The number of rotatable bonds is 8. The molecule has 0 saturated heterocycles. The fraction of sp³-hybridized carbons (Fsp3) is 0.571. The highest BCUT2D eigenvalue weighted by Gasteiger charge is 2.09. The molecule has 0 fully saturated rings. The lowest BCUT2D eigenvalue weighted by atomic mass is 10.0. The number of halogens is 1. The van der Waals surface area contributed by atoms with Crippen molar-refractivity contribution in [3.63, 3.8) is 0 Å². The Morgan fingerprint density at radius 1 is 1.19 bits per heavy atom. The first-order valence-electron chi connectivity index (χ1n) is 6.07. The summed E-state index contributed by atoms with van der Waals surface area (Å²) in [5, 5.41) is 0.963. The molecule has 0 heterocycles. The molecule has 16 heavy (non-hydrogen) atoms. The van der Waals surface area contributed by atoms with Crippen molar-refractivity contribution >= 4 is 15.9 Å². The summed E-state index contributed by atoms with van der Waals surface area (Å²) in [7, 11) is 0. The van der Waals surface area contributed by atoms with Crippen LogP contribution in [0.1, 0.15) is 37.7 Å². The SMILES string of the molecule is CCCCCOCC(CBr)c1ccccc1. The summed E-state index contributed by atoms with van der Waals surface area (Å²) in [6.45, 7) is 3.93. The standard InChI is InChI=1S/C14H21BrO/c1-2-3-7-10-16-12-14(11-15)13-8-5-4-6-9-13/h4-6,8-9,14H,2-3,7,10-12H2,1H3. The van der Waals surface area contributed by atoms with Gasteiger partial charge in [-0.05, 0) is 12.0 Å². The van der Waals surface area contributed by atoms with Crippen LogP contribution in [-0.2, 0) is 4.74 Å². The van der Waals surface area contributed by atoms with E-state index in [1.54, 1.807) is 0 Å². The highest BCUT2D eigenvalue weighted by atomic mass is 79.9. The van der Waals surface area contributed by atoms with Crippen molar-refractivity contribution < 1.29 is 4.74 Å². The van der Waals surface area contributed by atoms with E-state index in [0.717, 1.165) is 18.5 Å². The number of alkyl halides is 1. The third kappa shape index (κ3) is 5.13. The highest BCUT2D eigenvalue weighted by molar-refractivity contribution is 9.09. The molecule has 0 bridgehead atoms. The Morgan fingerprint density at radius 2 is 1.94 bits per heavy atom. The molecule has 1 aromatic rings. The third-order valence-corrected chi connectivity index (χ3v) is 3.45. The largest absolute Gasteiger partial charge is 0.381 e. The van der Waals surface area contributed by atoms with Gasteiger partial charge in [-0.3, -0.25) is 0 Å². The zero-order chi connectivity index (χ0) is 11.6. The second-order valence-corrected chi connectivity index (χ2v) is 4.69. The normalized spacial score (nSPS) is 12.6. The molecule has 0 saturated carbocycles. The first kappa shape index (κ1) is 13.7. The van der Waals surface area contributed by atoms with E-state index in [9.17, 15) is 0 Å². The van der Waals surface area contributed by atoms with Gasteiger partial charge >= 0.3 is 0 Å². The van der Waals surface area contributed by atoms with Crippen molar-refractivity contribution in [3.05, 3.63) is 35.9 Å². The van der Waals surface area contributed by atoms with Crippen LogP contribution in [-0.4, -0.2) is 18.5 Å². The van der Waals surface area contributed by atoms with Gasteiger partial charge in [0.1, 0.15) is 0 Å². The first-order valence-corrected chi connectivity index (χ1v) is 7.19. The highest BCUT2D eigenvalue weighted by Crippen LogP contribution is 2.18. The van der Waals surface area contributed by atoms with Crippen molar-refractivity contribution in [1.82, 2.24) is 0 Å². The summed E-state index contributed by atoms with van der Waals surface area (Å²) in [5.74, 6) is 0.475. The molecule has 1 aromatic carbocycles. The maximum atomic E-state index is 5.71. The second-order valence-electron chi connectivity index (χ2n) is 4.04. The lowest BCUT2D eigenvalue weighted by Gasteiger charge is -2.14. The smallest absolute Gasteiger partial charge is 0.0542 e. The van der Waals surface area contributed by atoms with E-state index >= 15 is 0 Å². The fourth-order valence-electron chi connectivity index (χ4n) is 1.63. The number of benzene rings is 1. The number of hydrogen-bond donors (Lipinski definition) is 0. The van der Waals surface area contributed by atoms with Crippen LogP contribution in [0.2, 0.25) is 0 Å². The van der Waals surface area contributed by atoms with Crippen LogP contribution in [0, 0.1) is 0 Å². The zero-order valence-electron chi connectivity index (χ0n) is 9.99. The quantitative estimate of drug-likeness (QED) is 0.509. The van der Waals surface area contributed by atoms with Crippen LogP contribution in [0.15, 0.2) is 30.3 Å². The van der Waals surface area contributed by atoms with E-state index in [4.69, 9.17) is 4.74 Å². The van der Waals surface area contributed by atoms with Crippen LogP contribution in [0.25, 0.3) is 0 Å². The minimum atomic E-state index is 0.475. The topological polar surface area (TPSA) is 9.23 Å². The lowest BCUT2D eigenvalue weighted by Crippen LogP contribution is -2.10. The molecule has 2 heteroatoms. The van der Waals surface area contributed by atoms with Gasteiger partial charge in [0.05, 0.1) is 6.61 Å². The number of unbranched alkanes of at least 4 members (excludes halogenated alkanes) is 2. The van der Waals surface area contributed by atoms with Gasteiger partial charge < -0.3 is 4.74 Å². The van der Waals surface area contributed by atoms with Crippen LogP contribution in [0.4, 0.5) is 0 Å². The summed E-state index contributed by atoms with van der Waals surface area (Å²) in [5.41, 5.74) is 1.36. The van der Waals surface area contributed by atoms with E-state index in [1.807, 2.05) is 0 Å². The van der Waals surface area contributed by atoms with Gasteiger partial charge in [-0.1, -0.05) is 66.0 Å². The maximum absolute atomic E-state index is 5.71. The number of ether oxygens (including phenoxy) is 1. The van der Waals surface area contributed by atoms with Crippen molar-refractivity contribution in [2.24, 2.45) is 0 Å². The minimum Gasteiger partial charge on any atom is -0.381 e. The first-order chi connectivity index (χ1) is 7.88. The van der Waals surface area contributed by atoms with E-state index in [-0.39, 0.29) is 0 Å². The molecule has 1 rings (SSSR count). The average Bonchev–Trinajstić information content (AvgIpc) is 2.35. The fourth-order valence-corrected chi connectivity index (χ4v) is 2.20. The molecule has 0 amide bonds.